The summed E-state index contributed by atoms with van der Waals surface area (Å²) in [5.74, 6) is -1.26. The van der Waals surface area contributed by atoms with Crippen molar-refractivity contribution in [1.29, 1.82) is 0 Å². The number of rotatable bonds is 3. The molecule has 2 rings (SSSR count). The number of carboxylic acid groups (broad SMARTS) is 1. The molecule has 1 amide bonds. The van der Waals surface area contributed by atoms with Crippen molar-refractivity contribution in [3.8, 4) is 0 Å². The molecule has 0 aliphatic carbocycles. The first kappa shape index (κ1) is 15.0. The highest BCUT2D eigenvalue weighted by Crippen LogP contribution is 2.25. The standard InChI is InChI=1S/C13H17NO5S/c1-13(2)7-14(5-8(6-15)19-13)11(16)9-3-4-10(20-9)12(17)18/h3-4,8,15H,5-7H2,1-2H3,(H,17,18). The fourth-order valence-corrected chi connectivity index (χ4v) is 3.08. The normalized spacial score (nSPS) is 21.8. The molecule has 1 aromatic rings. The lowest BCUT2D eigenvalue weighted by Gasteiger charge is -2.42. The Kier molecular flexibility index (Phi) is 4.12. The summed E-state index contributed by atoms with van der Waals surface area (Å²) in [7, 11) is 0. The third-order valence-corrected chi connectivity index (χ3v) is 4.06. The zero-order valence-electron chi connectivity index (χ0n) is 11.3. The Hall–Kier alpha value is -1.44. The van der Waals surface area contributed by atoms with Gasteiger partial charge < -0.3 is 19.8 Å². The second kappa shape index (κ2) is 5.51. The summed E-state index contributed by atoms with van der Waals surface area (Å²) in [6.07, 6.45) is -0.415. The van der Waals surface area contributed by atoms with E-state index in [4.69, 9.17) is 9.84 Å². The Morgan fingerprint density at radius 3 is 2.65 bits per heavy atom. The van der Waals surface area contributed by atoms with Crippen molar-refractivity contribution in [2.75, 3.05) is 19.7 Å². The minimum atomic E-state index is -1.04. The van der Waals surface area contributed by atoms with Gasteiger partial charge in [-0.15, -0.1) is 11.3 Å². The predicted octanol–water partition coefficient (Wildman–Crippen LogP) is 1.06. The molecule has 20 heavy (non-hydrogen) atoms. The molecule has 1 aliphatic heterocycles. The van der Waals surface area contributed by atoms with E-state index in [0.717, 1.165) is 11.3 Å². The quantitative estimate of drug-likeness (QED) is 0.871. The van der Waals surface area contributed by atoms with Crippen LogP contribution in [0.3, 0.4) is 0 Å². The van der Waals surface area contributed by atoms with E-state index >= 15 is 0 Å². The fraction of sp³-hybridized carbons (Fsp3) is 0.538. The van der Waals surface area contributed by atoms with Crippen LogP contribution in [0.1, 0.15) is 33.2 Å². The molecule has 1 saturated heterocycles. The lowest BCUT2D eigenvalue weighted by atomic mass is 10.1. The van der Waals surface area contributed by atoms with Gasteiger partial charge in [0.2, 0.25) is 0 Å². The maximum atomic E-state index is 12.4. The number of hydrogen-bond donors (Lipinski definition) is 2. The lowest BCUT2D eigenvalue weighted by molar-refractivity contribution is -0.139. The Morgan fingerprint density at radius 2 is 2.10 bits per heavy atom. The minimum absolute atomic E-state index is 0.138. The van der Waals surface area contributed by atoms with Crippen LogP contribution in [-0.4, -0.2) is 58.4 Å². The minimum Gasteiger partial charge on any atom is -0.477 e. The van der Waals surface area contributed by atoms with E-state index in [2.05, 4.69) is 0 Å². The molecule has 0 radical (unpaired) electrons. The van der Waals surface area contributed by atoms with Crippen LogP contribution < -0.4 is 0 Å². The molecular weight excluding hydrogens is 282 g/mol. The molecule has 2 N–H and O–H groups in total. The Labute approximate surface area is 120 Å². The lowest BCUT2D eigenvalue weighted by Crippen LogP contribution is -2.55. The number of hydrogen-bond acceptors (Lipinski definition) is 5. The SMILES string of the molecule is CC1(C)CN(C(=O)c2ccc(C(=O)O)s2)CC(CO)O1. The smallest absolute Gasteiger partial charge is 0.345 e. The van der Waals surface area contributed by atoms with Gasteiger partial charge in [-0.3, -0.25) is 4.79 Å². The number of aliphatic hydroxyl groups is 1. The van der Waals surface area contributed by atoms with E-state index in [1.165, 1.54) is 12.1 Å². The first-order valence-corrected chi connectivity index (χ1v) is 7.05. The molecule has 0 saturated carbocycles. The second-order valence-electron chi connectivity index (χ2n) is 5.34. The predicted molar refractivity (Wildman–Crippen MR) is 73.2 cm³/mol. The Morgan fingerprint density at radius 1 is 1.45 bits per heavy atom. The number of morpholine rings is 1. The van der Waals surface area contributed by atoms with E-state index in [1.807, 2.05) is 13.8 Å². The average Bonchev–Trinajstić information content (AvgIpc) is 2.85. The molecule has 7 heteroatoms. The van der Waals surface area contributed by atoms with Crippen molar-refractivity contribution < 1.29 is 24.5 Å². The molecule has 0 aromatic carbocycles. The molecule has 1 fully saturated rings. The van der Waals surface area contributed by atoms with E-state index in [9.17, 15) is 14.7 Å². The largest absolute Gasteiger partial charge is 0.477 e. The number of amides is 1. The van der Waals surface area contributed by atoms with Crippen LogP contribution in [0.4, 0.5) is 0 Å². The molecule has 2 heterocycles. The van der Waals surface area contributed by atoms with Crippen LogP contribution >= 0.6 is 11.3 Å². The van der Waals surface area contributed by atoms with Gasteiger partial charge in [-0.1, -0.05) is 0 Å². The summed E-state index contributed by atoms with van der Waals surface area (Å²) in [5, 5.41) is 18.1. The van der Waals surface area contributed by atoms with Crippen LogP contribution in [0.25, 0.3) is 0 Å². The third-order valence-electron chi connectivity index (χ3n) is 3.00. The van der Waals surface area contributed by atoms with Crippen LogP contribution in [0.15, 0.2) is 12.1 Å². The van der Waals surface area contributed by atoms with Gasteiger partial charge in [-0.2, -0.15) is 0 Å². The highest BCUT2D eigenvalue weighted by Gasteiger charge is 2.36. The van der Waals surface area contributed by atoms with Gasteiger partial charge in [0.15, 0.2) is 0 Å². The monoisotopic (exact) mass is 299 g/mol. The highest BCUT2D eigenvalue weighted by atomic mass is 32.1. The zero-order chi connectivity index (χ0) is 14.9. The first-order chi connectivity index (χ1) is 9.32. The summed E-state index contributed by atoms with van der Waals surface area (Å²) in [4.78, 5) is 25.4. The van der Waals surface area contributed by atoms with Crippen molar-refractivity contribution in [1.82, 2.24) is 4.90 Å². The van der Waals surface area contributed by atoms with E-state index in [-0.39, 0.29) is 17.4 Å². The molecule has 0 bridgehead atoms. The number of nitrogens with zero attached hydrogens (tertiary/aromatic N) is 1. The van der Waals surface area contributed by atoms with Gasteiger partial charge in [-0.25, -0.2) is 4.79 Å². The average molecular weight is 299 g/mol. The van der Waals surface area contributed by atoms with Gasteiger partial charge in [0.25, 0.3) is 5.91 Å². The van der Waals surface area contributed by atoms with E-state index < -0.39 is 17.7 Å². The van der Waals surface area contributed by atoms with Crippen molar-refractivity contribution >= 4 is 23.2 Å². The summed E-state index contributed by atoms with van der Waals surface area (Å²) in [6.45, 7) is 4.26. The molecular formula is C13H17NO5S. The van der Waals surface area contributed by atoms with Crippen molar-refractivity contribution in [2.24, 2.45) is 0 Å². The number of ether oxygens (including phenoxy) is 1. The van der Waals surface area contributed by atoms with Crippen molar-refractivity contribution in [3.05, 3.63) is 21.9 Å². The van der Waals surface area contributed by atoms with E-state index in [1.54, 1.807) is 4.90 Å². The number of carboxylic acids is 1. The maximum Gasteiger partial charge on any atom is 0.345 e. The summed E-state index contributed by atoms with van der Waals surface area (Å²) >= 11 is 0.958. The van der Waals surface area contributed by atoms with Crippen LogP contribution in [0, 0.1) is 0 Å². The Bertz CT molecular complexity index is 525. The molecule has 6 nitrogen and oxygen atoms in total. The Balaban J connectivity index is 2.16. The van der Waals surface area contributed by atoms with Gasteiger partial charge in [-0.05, 0) is 26.0 Å². The molecule has 0 spiro atoms. The van der Waals surface area contributed by atoms with Gasteiger partial charge in [0, 0.05) is 13.1 Å². The maximum absolute atomic E-state index is 12.4. The summed E-state index contributed by atoms with van der Waals surface area (Å²) in [6, 6.07) is 2.95. The molecule has 110 valence electrons. The summed E-state index contributed by atoms with van der Waals surface area (Å²) in [5.41, 5.74) is -0.534. The number of aliphatic hydroxyl groups excluding tert-OH is 1. The number of carbonyl (C=O) groups is 2. The van der Waals surface area contributed by atoms with E-state index in [0.29, 0.717) is 18.0 Å². The first-order valence-electron chi connectivity index (χ1n) is 6.23. The van der Waals surface area contributed by atoms with Crippen LogP contribution in [0.5, 0.6) is 0 Å². The fourth-order valence-electron chi connectivity index (χ4n) is 2.27. The molecule has 1 aromatic heterocycles. The molecule has 1 atom stereocenters. The van der Waals surface area contributed by atoms with Gasteiger partial charge in [0.05, 0.1) is 23.2 Å². The molecule has 1 aliphatic rings. The second-order valence-corrected chi connectivity index (χ2v) is 6.42. The number of carbonyl (C=O) groups excluding carboxylic acids is 1. The number of thiophene rings is 1. The van der Waals surface area contributed by atoms with Crippen molar-refractivity contribution in [3.63, 3.8) is 0 Å². The van der Waals surface area contributed by atoms with Gasteiger partial charge >= 0.3 is 5.97 Å². The van der Waals surface area contributed by atoms with Gasteiger partial charge in [0.1, 0.15) is 4.88 Å². The van der Waals surface area contributed by atoms with Crippen LogP contribution in [0.2, 0.25) is 0 Å². The summed E-state index contributed by atoms with van der Waals surface area (Å²) < 4.78 is 5.65. The third kappa shape index (κ3) is 3.17. The topological polar surface area (TPSA) is 87.1 Å². The van der Waals surface area contributed by atoms with Crippen molar-refractivity contribution in [2.45, 2.75) is 25.6 Å². The highest BCUT2D eigenvalue weighted by molar-refractivity contribution is 7.15. The molecule has 1 unspecified atom stereocenters. The zero-order valence-corrected chi connectivity index (χ0v) is 12.1. The van der Waals surface area contributed by atoms with Crippen LogP contribution in [-0.2, 0) is 4.74 Å². The number of aromatic carboxylic acids is 1.